The number of nitrogens with zero attached hydrogens (tertiary/aromatic N) is 1. The van der Waals surface area contributed by atoms with Gasteiger partial charge in [0.15, 0.2) is 0 Å². The number of nitrogens with two attached hydrogens (primary N) is 1. The fraction of sp³-hybridized carbons (Fsp3) is 0.421. The van der Waals surface area contributed by atoms with Gasteiger partial charge >= 0.3 is 0 Å². The summed E-state index contributed by atoms with van der Waals surface area (Å²) < 4.78 is 1.90. The predicted molar refractivity (Wildman–Crippen MR) is 90.6 cm³/mol. The van der Waals surface area contributed by atoms with Gasteiger partial charge in [0.2, 0.25) is 0 Å². The molecular formula is C19H24N2O. The highest BCUT2D eigenvalue weighted by molar-refractivity contribution is 5.44. The second kappa shape index (κ2) is 5.73. The van der Waals surface area contributed by atoms with E-state index in [2.05, 4.69) is 32.9 Å². The molecule has 1 heterocycles. The summed E-state index contributed by atoms with van der Waals surface area (Å²) in [7, 11) is 0. The number of aryl methyl sites for hydroxylation is 2. The second-order valence-corrected chi connectivity index (χ2v) is 6.60. The van der Waals surface area contributed by atoms with Gasteiger partial charge in [0.1, 0.15) is 0 Å². The van der Waals surface area contributed by atoms with Crippen LogP contribution >= 0.6 is 0 Å². The van der Waals surface area contributed by atoms with Gasteiger partial charge in [-0.3, -0.25) is 9.36 Å². The maximum absolute atomic E-state index is 12.8. The number of pyridine rings is 1. The van der Waals surface area contributed by atoms with Gasteiger partial charge in [-0.25, -0.2) is 0 Å². The zero-order valence-electron chi connectivity index (χ0n) is 13.6. The lowest BCUT2D eigenvalue weighted by atomic mass is 9.87. The summed E-state index contributed by atoms with van der Waals surface area (Å²) in [6.07, 6.45) is 3.14. The molecule has 0 fully saturated rings. The summed E-state index contributed by atoms with van der Waals surface area (Å²) in [6.45, 7) is 6.75. The van der Waals surface area contributed by atoms with Gasteiger partial charge in [0.05, 0.1) is 0 Å². The van der Waals surface area contributed by atoms with E-state index in [1.165, 1.54) is 22.4 Å². The van der Waals surface area contributed by atoms with Crippen LogP contribution in [0.4, 0.5) is 0 Å². The number of fused-ring (bicyclic) bond motifs is 1. The van der Waals surface area contributed by atoms with E-state index in [1.807, 2.05) is 16.7 Å². The Morgan fingerprint density at radius 1 is 1.23 bits per heavy atom. The van der Waals surface area contributed by atoms with Crippen molar-refractivity contribution >= 4 is 0 Å². The first-order chi connectivity index (χ1) is 10.5. The zero-order chi connectivity index (χ0) is 15.9. The van der Waals surface area contributed by atoms with Crippen molar-refractivity contribution in [2.24, 2.45) is 11.7 Å². The van der Waals surface area contributed by atoms with Gasteiger partial charge in [0, 0.05) is 23.5 Å². The molecule has 3 rings (SSSR count). The Kier molecular flexibility index (Phi) is 3.92. The van der Waals surface area contributed by atoms with E-state index in [0.717, 1.165) is 24.9 Å². The Morgan fingerprint density at radius 2 is 2.00 bits per heavy atom. The van der Waals surface area contributed by atoms with Crippen molar-refractivity contribution in [1.29, 1.82) is 0 Å². The molecule has 2 N–H and O–H groups in total. The Hall–Kier alpha value is -1.87. The highest BCUT2D eigenvalue weighted by atomic mass is 16.1. The summed E-state index contributed by atoms with van der Waals surface area (Å²) in [6, 6.07) is 8.27. The number of hydrogen-bond donors (Lipinski definition) is 1. The van der Waals surface area contributed by atoms with Crippen molar-refractivity contribution in [3.05, 3.63) is 62.6 Å². The quantitative estimate of drug-likeness (QED) is 0.926. The molecule has 1 unspecified atom stereocenters. The molecule has 1 aromatic carbocycles. The third-order valence-electron chi connectivity index (χ3n) is 4.88. The van der Waals surface area contributed by atoms with Crippen molar-refractivity contribution in [2.75, 3.05) is 0 Å². The maximum atomic E-state index is 12.8. The molecule has 22 heavy (non-hydrogen) atoms. The number of hydrogen-bond acceptors (Lipinski definition) is 2. The Morgan fingerprint density at radius 3 is 2.68 bits per heavy atom. The van der Waals surface area contributed by atoms with Crippen LogP contribution in [-0.2, 0) is 19.4 Å². The molecule has 3 nitrogen and oxygen atoms in total. The summed E-state index contributed by atoms with van der Waals surface area (Å²) in [4.78, 5) is 12.8. The van der Waals surface area contributed by atoms with Crippen LogP contribution in [0.25, 0.3) is 5.69 Å². The summed E-state index contributed by atoms with van der Waals surface area (Å²) in [5.74, 6) is 0.670. The Balaban J connectivity index is 2.27. The van der Waals surface area contributed by atoms with Crippen LogP contribution in [0, 0.1) is 19.8 Å². The van der Waals surface area contributed by atoms with Crippen molar-refractivity contribution in [2.45, 2.75) is 46.6 Å². The largest absolute Gasteiger partial charge is 0.326 e. The average molecular weight is 296 g/mol. The van der Waals surface area contributed by atoms with Gasteiger partial charge in [0.25, 0.3) is 5.56 Å². The number of rotatable bonds is 2. The standard InChI is InChI=1S/C19H24N2O/c1-12-4-7-18-15(8-12)10-16(11-20)19(22)21(18)17-6-5-13(2)14(3)9-17/h5-6,9-10,12H,4,7-8,11,20H2,1-3H3. The van der Waals surface area contributed by atoms with Crippen LogP contribution in [-0.4, -0.2) is 4.57 Å². The van der Waals surface area contributed by atoms with Gasteiger partial charge < -0.3 is 5.73 Å². The highest BCUT2D eigenvalue weighted by Gasteiger charge is 2.21. The molecule has 1 aliphatic carbocycles. The monoisotopic (exact) mass is 296 g/mol. The molecule has 1 aromatic heterocycles. The lowest BCUT2D eigenvalue weighted by molar-refractivity contribution is 0.485. The topological polar surface area (TPSA) is 48.0 Å². The van der Waals surface area contributed by atoms with Crippen molar-refractivity contribution in [3.8, 4) is 5.69 Å². The van der Waals surface area contributed by atoms with E-state index in [-0.39, 0.29) is 5.56 Å². The maximum Gasteiger partial charge on any atom is 0.259 e. The third kappa shape index (κ3) is 2.50. The molecule has 1 atom stereocenters. The van der Waals surface area contributed by atoms with E-state index >= 15 is 0 Å². The number of aromatic nitrogens is 1. The molecule has 1 aliphatic rings. The minimum absolute atomic E-state index is 0.0408. The van der Waals surface area contributed by atoms with Crippen LogP contribution in [0.2, 0.25) is 0 Å². The van der Waals surface area contributed by atoms with Crippen LogP contribution in [0.15, 0.2) is 29.1 Å². The Bertz CT molecular complexity index is 774. The van der Waals surface area contributed by atoms with Gasteiger partial charge in [-0.15, -0.1) is 0 Å². The first kappa shape index (κ1) is 15.0. The fourth-order valence-corrected chi connectivity index (χ4v) is 3.36. The molecule has 2 aromatic rings. The minimum atomic E-state index is 0.0408. The van der Waals surface area contributed by atoms with Crippen molar-refractivity contribution in [1.82, 2.24) is 4.57 Å². The van der Waals surface area contributed by atoms with Crippen LogP contribution in [0.5, 0.6) is 0 Å². The number of benzene rings is 1. The van der Waals surface area contributed by atoms with Crippen molar-refractivity contribution in [3.63, 3.8) is 0 Å². The molecule has 0 saturated carbocycles. The lowest BCUT2D eigenvalue weighted by Crippen LogP contribution is -2.30. The van der Waals surface area contributed by atoms with Crippen LogP contribution in [0.1, 0.15) is 41.3 Å². The van der Waals surface area contributed by atoms with E-state index in [9.17, 15) is 4.79 Å². The third-order valence-corrected chi connectivity index (χ3v) is 4.88. The first-order valence-corrected chi connectivity index (χ1v) is 8.05. The molecule has 0 radical (unpaired) electrons. The Labute approximate surface area is 131 Å². The smallest absolute Gasteiger partial charge is 0.259 e. The van der Waals surface area contributed by atoms with E-state index in [1.54, 1.807) is 0 Å². The normalized spacial score (nSPS) is 17.4. The molecular weight excluding hydrogens is 272 g/mol. The van der Waals surface area contributed by atoms with Crippen LogP contribution in [0.3, 0.4) is 0 Å². The molecule has 116 valence electrons. The second-order valence-electron chi connectivity index (χ2n) is 6.60. The zero-order valence-corrected chi connectivity index (χ0v) is 13.6. The fourth-order valence-electron chi connectivity index (χ4n) is 3.36. The summed E-state index contributed by atoms with van der Waals surface area (Å²) >= 11 is 0. The lowest BCUT2D eigenvalue weighted by Gasteiger charge is -2.26. The van der Waals surface area contributed by atoms with E-state index in [0.29, 0.717) is 18.0 Å². The van der Waals surface area contributed by atoms with Gasteiger partial charge in [-0.2, -0.15) is 0 Å². The van der Waals surface area contributed by atoms with Crippen LogP contribution < -0.4 is 11.3 Å². The van der Waals surface area contributed by atoms with Crippen molar-refractivity contribution < 1.29 is 0 Å². The van der Waals surface area contributed by atoms with Gasteiger partial charge in [-0.1, -0.05) is 13.0 Å². The molecule has 0 aliphatic heterocycles. The molecule has 3 heteroatoms. The van der Waals surface area contributed by atoms with E-state index < -0.39 is 0 Å². The molecule has 0 amide bonds. The average Bonchev–Trinajstić information content (AvgIpc) is 2.50. The first-order valence-electron chi connectivity index (χ1n) is 8.05. The van der Waals surface area contributed by atoms with E-state index in [4.69, 9.17) is 5.73 Å². The minimum Gasteiger partial charge on any atom is -0.326 e. The molecule has 0 spiro atoms. The van der Waals surface area contributed by atoms with Gasteiger partial charge in [-0.05, 0) is 73.9 Å². The SMILES string of the molecule is Cc1ccc(-n2c3c(cc(CN)c2=O)CC(C)CC3)cc1C. The molecule has 0 bridgehead atoms. The summed E-state index contributed by atoms with van der Waals surface area (Å²) in [5, 5.41) is 0. The molecule has 0 saturated heterocycles. The highest BCUT2D eigenvalue weighted by Crippen LogP contribution is 2.27. The predicted octanol–water partition coefficient (Wildman–Crippen LogP) is 3.04. The summed E-state index contributed by atoms with van der Waals surface area (Å²) in [5.41, 5.74) is 12.4.